The Balaban J connectivity index is 1.49. The van der Waals surface area contributed by atoms with Gasteiger partial charge >= 0.3 is 0 Å². The minimum Gasteiger partial charge on any atom is -0.484 e. The largest absolute Gasteiger partial charge is 0.484 e. The van der Waals surface area contributed by atoms with Crippen LogP contribution in [-0.2, 0) is 14.6 Å². The van der Waals surface area contributed by atoms with Crippen molar-refractivity contribution in [3.05, 3.63) is 69.0 Å². The van der Waals surface area contributed by atoms with Crippen LogP contribution in [0.4, 0.5) is 0 Å². The minimum atomic E-state index is -3.27. The van der Waals surface area contributed by atoms with Crippen molar-refractivity contribution in [1.82, 2.24) is 5.01 Å². The number of hydrazone groups is 1. The topological polar surface area (TPSA) is 76.0 Å². The number of rotatable bonds is 6. The molecule has 1 aromatic carbocycles. The predicted octanol–water partition coefficient (Wildman–Crippen LogP) is 3.97. The van der Waals surface area contributed by atoms with Crippen LogP contribution in [0.2, 0.25) is 0 Å². The zero-order chi connectivity index (χ0) is 20.4. The molecule has 0 N–H and O–H groups in total. The van der Waals surface area contributed by atoms with Gasteiger partial charge in [-0.1, -0.05) is 12.1 Å². The molecule has 0 fully saturated rings. The van der Waals surface area contributed by atoms with E-state index in [1.54, 1.807) is 34.8 Å². The van der Waals surface area contributed by atoms with E-state index in [9.17, 15) is 13.2 Å². The van der Waals surface area contributed by atoms with Crippen molar-refractivity contribution in [2.45, 2.75) is 17.4 Å². The van der Waals surface area contributed by atoms with E-state index >= 15 is 0 Å². The lowest BCUT2D eigenvalue weighted by Crippen LogP contribution is -2.31. The molecule has 0 spiro atoms. The molecule has 3 aromatic rings. The molecule has 3 heterocycles. The zero-order valence-electron chi connectivity index (χ0n) is 15.5. The van der Waals surface area contributed by atoms with Gasteiger partial charge in [0.25, 0.3) is 5.91 Å². The molecule has 1 atom stereocenters. The Bertz CT molecular complexity index is 1120. The van der Waals surface area contributed by atoms with Gasteiger partial charge in [-0.3, -0.25) is 4.79 Å². The number of carbonyl (C=O) groups excluding carboxylic acids is 1. The van der Waals surface area contributed by atoms with Gasteiger partial charge in [-0.2, -0.15) is 5.10 Å². The molecular formula is C20H18N2O4S3. The van der Waals surface area contributed by atoms with Crippen LogP contribution in [0.15, 0.2) is 69.3 Å². The fourth-order valence-corrected chi connectivity index (χ4v) is 5.19. The number of ether oxygens (including phenoxy) is 1. The van der Waals surface area contributed by atoms with Gasteiger partial charge < -0.3 is 4.74 Å². The van der Waals surface area contributed by atoms with Crippen LogP contribution >= 0.6 is 22.7 Å². The Morgan fingerprint density at radius 3 is 2.48 bits per heavy atom. The summed E-state index contributed by atoms with van der Waals surface area (Å²) in [6.45, 7) is -0.179. The molecule has 1 aliphatic heterocycles. The second kappa shape index (κ2) is 8.10. The van der Waals surface area contributed by atoms with E-state index in [-0.39, 0.29) is 23.5 Å². The van der Waals surface area contributed by atoms with E-state index in [0.29, 0.717) is 12.2 Å². The van der Waals surface area contributed by atoms with Crippen molar-refractivity contribution in [3.8, 4) is 5.75 Å². The van der Waals surface area contributed by atoms with Crippen molar-refractivity contribution in [1.29, 1.82) is 0 Å². The first-order valence-corrected chi connectivity index (χ1v) is 12.5. The maximum Gasteiger partial charge on any atom is 0.281 e. The number of thiophene rings is 2. The fourth-order valence-electron chi connectivity index (χ4n) is 3.03. The number of sulfone groups is 1. The SMILES string of the molecule is CS(=O)(=O)c1ccc(OCC(=O)N2N=C(c3cccs3)CC2c2cccs2)cc1. The molecule has 1 amide bonds. The van der Waals surface area contributed by atoms with Crippen LogP contribution in [0.3, 0.4) is 0 Å². The highest BCUT2D eigenvalue weighted by Crippen LogP contribution is 2.36. The van der Waals surface area contributed by atoms with Gasteiger partial charge in [-0.05, 0) is 47.2 Å². The summed E-state index contributed by atoms with van der Waals surface area (Å²) in [6.07, 6.45) is 1.81. The lowest BCUT2D eigenvalue weighted by molar-refractivity contribution is -0.135. The summed E-state index contributed by atoms with van der Waals surface area (Å²) in [5.74, 6) is 0.183. The molecule has 0 aliphatic carbocycles. The highest BCUT2D eigenvalue weighted by atomic mass is 32.2. The number of amides is 1. The standard InChI is InChI=1S/C20H18N2O4S3/c1-29(24,25)15-8-6-14(7-9-15)26-13-20(23)22-17(19-5-3-11-28-19)12-16(21-22)18-4-2-10-27-18/h2-11,17H,12-13H2,1H3. The summed E-state index contributed by atoms with van der Waals surface area (Å²) in [5.41, 5.74) is 0.893. The van der Waals surface area contributed by atoms with E-state index in [1.807, 2.05) is 35.0 Å². The maximum atomic E-state index is 12.9. The Morgan fingerprint density at radius 1 is 1.14 bits per heavy atom. The first kappa shape index (κ1) is 19.8. The Morgan fingerprint density at radius 2 is 1.86 bits per heavy atom. The quantitative estimate of drug-likeness (QED) is 0.574. The van der Waals surface area contributed by atoms with Gasteiger partial charge in [0.15, 0.2) is 16.4 Å². The molecule has 0 radical (unpaired) electrons. The summed E-state index contributed by atoms with van der Waals surface area (Å²) >= 11 is 3.20. The number of carbonyl (C=O) groups is 1. The summed E-state index contributed by atoms with van der Waals surface area (Å²) in [6, 6.07) is 13.8. The summed E-state index contributed by atoms with van der Waals surface area (Å²) in [7, 11) is -3.27. The van der Waals surface area contributed by atoms with Gasteiger partial charge in [0.1, 0.15) is 5.75 Å². The maximum absolute atomic E-state index is 12.9. The molecule has 0 saturated carbocycles. The Kier molecular flexibility index (Phi) is 5.53. The molecule has 6 nitrogen and oxygen atoms in total. The smallest absolute Gasteiger partial charge is 0.281 e. The van der Waals surface area contributed by atoms with Crippen molar-refractivity contribution >= 4 is 44.1 Å². The lowest BCUT2D eigenvalue weighted by Gasteiger charge is -2.20. The normalized spacial score (nSPS) is 16.7. The molecule has 1 aliphatic rings. The van der Waals surface area contributed by atoms with E-state index in [1.165, 1.54) is 17.1 Å². The molecular weight excluding hydrogens is 428 g/mol. The highest BCUT2D eigenvalue weighted by Gasteiger charge is 2.34. The molecule has 0 saturated heterocycles. The van der Waals surface area contributed by atoms with Gasteiger partial charge in [-0.25, -0.2) is 13.4 Å². The number of hydrogen-bond donors (Lipinski definition) is 0. The number of hydrogen-bond acceptors (Lipinski definition) is 7. The van der Waals surface area contributed by atoms with E-state index < -0.39 is 9.84 Å². The molecule has 150 valence electrons. The van der Waals surface area contributed by atoms with Gasteiger partial charge in [-0.15, -0.1) is 22.7 Å². The number of benzene rings is 1. The predicted molar refractivity (Wildman–Crippen MR) is 114 cm³/mol. The van der Waals surface area contributed by atoms with Crippen LogP contribution in [0.1, 0.15) is 22.2 Å². The van der Waals surface area contributed by atoms with Gasteiger partial charge in [0, 0.05) is 17.6 Å². The average molecular weight is 447 g/mol. The van der Waals surface area contributed by atoms with Gasteiger partial charge in [0.05, 0.1) is 21.5 Å². The Labute approximate surface area is 177 Å². The lowest BCUT2D eigenvalue weighted by atomic mass is 10.1. The first-order chi connectivity index (χ1) is 13.9. The summed E-state index contributed by atoms with van der Waals surface area (Å²) in [5, 5.41) is 10.1. The van der Waals surface area contributed by atoms with Crippen LogP contribution in [0.25, 0.3) is 0 Å². The molecule has 29 heavy (non-hydrogen) atoms. The van der Waals surface area contributed by atoms with Crippen molar-refractivity contribution in [2.24, 2.45) is 5.10 Å². The molecule has 2 aromatic heterocycles. The monoisotopic (exact) mass is 446 g/mol. The fraction of sp³-hybridized carbons (Fsp3) is 0.200. The first-order valence-electron chi connectivity index (χ1n) is 8.81. The van der Waals surface area contributed by atoms with Crippen LogP contribution in [-0.4, -0.2) is 37.9 Å². The van der Waals surface area contributed by atoms with E-state index in [4.69, 9.17) is 4.74 Å². The van der Waals surface area contributed by atoms with Crippen molar-refractivity contribution in [3.63, 3.8) is 0 Å². The third-order valence-corrected chi connectivity index (χ3v) is 7.48. The summed E-state index contributed by atoms with van der Waals surface area (Å²) < 4.78 is 28.7. The third-order valence-electron chi connectivity index (χ3n) is 4.46. The Hall–Kier alpha value is -2.49. The van der Waals surface area contributed by atoms with Crippen LogP contribution in [0, 0.1) is 0 Å². The molecule has 9 heteroatoms. The minimum absolute atomic E-state index is 0.143. The second-order valence-electron chi connectivity index (χ2n) is 6.53. The molecule has 0 bridgehead atoms. The van der Waals surface area contributed by atoms with E-state index in [2.05, 4.69) is 5.10 Å². The van der Waals surface area contributed by atoms with Crippen molar-refractivity contribution in [2.75, 3.05) is 12.9 Å². The van der Waals surface area contributed by atoms with Crippen LogP contribution < -0.4 is 4.74 Å². The second-order valence-corrected chi connectivity index (χ2v) is 10.5. The zero-order valence-corrected chi connectivity index (χ0v) is 18.0. The highest BCUT2D eigenvalue weighted by molar-refractivity contribution is 7.90. The third kappa shape index (κ3) is 4.42. The van der Waals surface area contributed by atoms with Crippen molar-refractivity contribution < 1.29 is 17.9 Å². The molecule has 4 rings (SSSR count). The van der Waals surface area contributed by atoms with Gasteiger partial charge in [0.2, 0.25) is 0 Å². The number of nitrogens with zero attached hydrogens (tertiary/aromatic N) is 2. The van der Waals surface area contributed by atoms with E-state index in [0.717, 1.165) is 21.7 Å². The average Bonchev–Trinajstić information content (AvgIpc) is 3.46. The van der Waals surface area contributed by atoms with Crippen LogP contribution in [0.5, 0.6) is 5.75 Å². The molecule has 1 unspecified atom stereocenters. The summed E-state index contributed by atoms with van der Waals surface area (Å²) in [4.78, 5) is 15.2.